The summed E-state index contributed by atoms with van der Waals surface area (Å²) in [5.41, 5.74) is 5.78. The van der Waals surface area contributed by atoms with Crippen LogP contribution in [0, 0.1) is 5.92 Å². The second kappa shape index (κ2) is 4.40. The Morgan fingerprint density at radius 3 is 3.00 bits per heavy atom. The molecule has 0 aliphatic carbocycles. The van der Waals surface area contributed by atoms with Crippen molar-refractivity contribution in [1.29, 1.82) is 0 Å². The molecule has 0 radical (unpaired) electrons. The van der Waals surface area contributed by atoms with Gasteiger partial charge in [0.2, 0.25) is 17.7 Å². The molecule has 1 saturated heterocycles. The lowest BCUT2D eigenvalue weighted by Crippen LogP contribution is -2.28. The zero-order chi connectivity index (χ0) is 12.4. The Bertz CT molecular complexity index is 461. The first-order valence-corrected chi connectivity index (χ1v) is 5.22. The van der Waals surface area contributed by atoms with E-state index in [0.29, 0.717) is 11.6 Å². The molecular formula is C11H13N3O3. The van der Waals surface area contributed by atoms with Gasteiger partial charge in [-0.1, -0.05) is 0 Å². The van der Waals surface area contributed by atoms with Gasteiger partial charge in [-0.05, 0) is 12.1 Å². The Hall–Kier alpha value is -2.11. The van der Waals surface area contributed by atoms with Crippen molar-refractivity contribution < 1.29 is 14.3 Å². The van der Waals surface area contributed by atoms with Crippen LogP contribution in [0.5, 0.6) is 5.88 Å². The van der Waals surface area contributed by atoms with Gasteiger partial charge >= 0.3 is 0 Å². The summed E-state index contributed by atoms with van der Waals surface area (Å²) in [6.07, 6.45) is 1.72. The summed E-state index contributed by atoms with van der Waals surface area (Å²) in [5.74, 6) is -0.665. The van der Waals surface area contributed by atoms with Crippen LogP contribution < -0.4 is 15.4 Å². The number of carbonyl (C=O) groups excluding carboxylic acids is 2. The molecule has 1 aromatic rings. The molecule has 0 bridgehead atoms. The van der Waals surface area contributed by atoms with Gasteiger partial charge in [0.05, 0.1) is 13.0 Å². The summed E-state index contributed by atoms with van der Waals surface area (Å²) in [5, 5.41) is 0. The summed E-state index contributed by atoms with van der Waals surface area (Å²) >= 11 is 0. The van der Waals surface area contributed by atoms with Crippen molar-refractivity contribution in [3.63, 3.8) is 0 Å². The fourth-order valence-electron chi connectivity index (χ4n) is 1.88. The van der Waals surface area contributed by atoms with Crippen molar-refractivity contribution in [2.75, 3.05) is 18.6 Å². The van der Waals surface area contributed by atoms with E-state index in [1.807, 2.05) is 0 Å². The standard InChI is InChI=1S/C11H13N3O3/c1-17-11-8(3-2-4-13-11)14-6-7(10(12)16)5-9(14)15/h2-4,7H,5-6H2,1H3,(H2,12,16). The topological polar surface area (TPSA) is 85.5 Å². The number of ether oxygens (including phenoxy) is 1. The molecule has 0 spiro atoms. The zero-order valence-corrected chi connectivity index (χ0v) is 9.42. The van der Waals surface area contributed by atoms with Crippen LogP contribution in [-0.2, 0) is 9.59 Å². The van der Waals surface area contributed by atoms with Gasteiger partial charge in [-0.15, -0.1) is 0 Å². The monoisotopic (exact) mass is 235 g/mol. The number of amides is 2. The molecule has 2 rings (SSSR count). The van der Waals surface area contributed by atoms with Gasteiger partial charge < -0.3 is 15.4 Å². The Labute approximate surface area is 98.4 Å². The molecule has 1 aliphatic rings. The number of hydrogen-bond acceptors (Lipinski definition) is 4. The van der Waals surface area contributed by atoms with Crippen LogP contribution in [0.2, 0.25) is 0 Å². The van der Waals surface area contributed by atoms with Crippen LogP contribution in [0.3, 0.4) is 0 Å². The lowest BCUT2D eigenvalue weighted by molar-refractivity contribution is -0.123. The summed E-state index contributed by atoms with van der Waals surface area (Å²) < 4.78 is 5.08. The number of rotatable bonds is 3. The third kappa shape index (κ3) is 2.06. The Morgan fingerprint density at radius 2 is 2.41 bits per heavy atom. The summed E-state index contributed by atoms with van der Waals surface area (Å²) in [7, 11) is 1.48. The largest absolute Gasteiger partial charge is 0.480 e. The summed E-state index contributed by atoms with van der Waals surface area (Å²) in [4.78, 5) is 28.4. The molecule has 1 fully saturated rings. The third-order valence-electron chi connectivity index (χ3n) is 2.76. The van der Waals surface area contributed by atoms with E-state index in [1.165, 1.54) is 12.0 Å². The minimum absolute atomic E-state index is 0.139. The smallest absolute Gasteiger partial charge is 0.237 e. The van der Waals surface area contributed by atoms with Crippen molar-refractivity contribution in [3.8, 4) is 5.88 Å². The molecule has 6 nitrogen and oxygen atoms in total. The van der Waals surface area contributed by atoms with E-state index in [4.69, 9.17) is 10.5 Å². The molecule has 1 unspecified atom stereocenters. The van der Waals surface area contributed by atoms with Crippen LogP contribution in [-0.4, -0.2) is 30.5 Å². The van der Waals surface area contributed by atoms with E-state index in [0.717, 1.165) is 0 Å². The number of nitrogens with two attached hydrogens (primary N) is 1. The first kappa shape index (κ1) is 11.4. The quantitative estimate of drug-likeness (QED) is 0.794. The molecule has 2 amide bonds. The number of nitrogens with zero attached hydrogens (tertiary/aromatic N) is 2. The molecule has 2 N–H and O–H groups in total. The number of hydrogen-bond donors (Lipinski definition) is 1. The highest BCUT2D eigenvalue weighted by Crippen LogP contribution is 2.30. The molecule has 90 valence electrons. The van der Waals surface area contributed by atoms with Gasteiger partial charge in [-0.2, -0.15) is 0 Å². The first-order chi connectivity index (χ1) is 8.13. The number of carbonyl (C=O) groups is 2. The fourth-order valence-corrected chi connectivity index (χ4v) is 1.88. The molecule has 17 heavy (non-hydrogen) atoms. The molecule has 0 aromatic carbocycles. The maximum atomic E-state index is 11.8. The van der Waals surface area contributed by atoms with Crippen molar-refractivity contribution in [2.24, 2.45) is 11.7 Å². The average molecular weight is 235 g/mol. The van der Waals surface area contributed by atoms with E-state index in [2.05, 4.69) is 4.98 Å². The van der Waals surface area contributed by atoms with Gasteiger partial charge in [-0.25, -0.2) is 4.98 Å². The van der Waals surface area contributed by atoms with Gasteiger partial charge in [0, 0.05) is 19.2 Å². The predicted molar refractivity (Wildman–Crippen MR) is 60.4 cm³/mol. The van der Waals surface area contributed by atoms with Gasteiger partial charge in [0.15, 0.2) is 0 Å². The summed E-state index contributed by atoms with van der Waals surface area (Å²) in [6, 6.07) is 3.44. The minimum Gasteiger partial charge on any atom is -0.480 e. The van der Waals surface area contributed by atoms with E-state index in [9.17, 15) is 9.59 Å². The van der Waals surface area contributed by atoms with Gasteiger partial charge in [0.25, 0.3) is 0 Å². The average Bonchev–Trinajstić information content (AvgIpc) is 2.71. The fraction of sp³-hybridized carbons (Fsp3) is 0.364. The highest BCUT2D eigenvalue weighted by molar-refractivity contribution is 6.00. The Morgan fingerprint density at radius 1 is 1.65 bits per heavy atom. The zero-order valence-electron chi connectivity index (χ0n) is 9.42. The van der Waals surface area contributed by atoms with Crippen molar-refractivity contribution in [1.82, 2.24) is 4.98 Å². The van der Waals surface area contributed by atoms with Crippen molar-refractivity contribution in [2.45, 2.75) is 6.42 Å². The SMILES string of the molecule is COc1ncccc1N1CC(C(N)=O)CC1=O. The molecule has 0 saturated carbocycles. The minimum atomic E-state index is -0.455. The number of anilines is 1. The van der Waals surface area contributed by atoms with Crippen LogP contribution >= 0.6 is 0 Å². The molecule has 6 heteroatoms. The lowest BCUT2D eigenvalue weighted by Gasteiger charge is -2.17. The van der Waals surface area contributed by atoms with Crippen LogP contribution in [0.25, 0.3) is 0 Å². The third-order valence-corrected chi connectivity index (χ3v) is 2.76. The highest BCUT2D eigenvalue weighted by Gasteiger charge is 2.35. The Kier molecular flexibility index (Phi) is 2.95. The van der Waals surface area contributed by atoms with Crippen LogP contribution in [0.4, 0.5) is 5.69 Å². The second-order valence-electron chi connectivity index (χ2n) is 3.84. The van der Waals surface area contributed by atoms with E-state index in [-0.39, 0.29) is 18.9 Å². The normalized spacial score (nSPS) is 19.5. The number of aromatic nitrogens is 1. The van der Waals surface area contributed by atoms with E-state index >= 15 is 0 Å². The van der Waals surface area contributed by atoms with E-state index < -0.39 is 11.8 Å². The molecular weight excluding hydrogens is 222 g/mol. The summed E-state index contributed by atoms with van der Waals surface area (Å²) in [6.45, 7) is 0.288. The molecule has 1 aliphatic heterocycles. The van der Waals surface area contributed by atoms with Gasteiger partial charge in [-0.3, -0.25) is 9.59 Å². The van der Waals surface area contributed by atoms with Crippen molar-refractivity contribution >= 4 is 17.5 Å². The molecule has 1 atom stereocenters. The number of pyridine rings is 1. The highest BCUT2D eigenvalue weighted by atomic mass is 16.5. The van der Waals surface area contributed by atoms with Gasteiger partial charge in [0.1, 0.15) is 5.69 Å². The molecule has 1 aromatic heterocycles. The predicted octanol–water partition coefficient (Wildman–Crippen LogP) is -0.0716. The lowest BCUT2D eigenvalue weighted by atomic mass is 10.1. The molecule has 2 heterocycles. The van der Waals surface area contributed by atoms with Crippen LogP contribution in [0.15, 0.2) is 18.3 Å². The maximum Gasteiger partial charge on any atom is 0.237 e. The van der Waals surface area contributed by atoms with E-state index in [1.54, 1.807) is 18.3 Å². The number of primary amides is 1. The number of methoxy groups -OCH3 is 1. The van der Waals surface area contributed by atoms with Crippen molar-refractivity contribution in [3.05, 3.63) is 18.3 Å². The maximum absolute atomic E-state index is 11.8. The Balaban J connectivity index is 2.29. The first-order valence-electron chi connectivity index (χ1n) is 5.22. The van der Waals surface area contributed by atoms with Crippen LogP contribution in [0.1, 0.15) is 6.42 Å². The second-order valence-corrected chi connectivity index (χ2v) is 3.84.